The lowest BCUT2D eigenvalue weighted by Gasteiger charge is -2.27. The standard InChI is InChI=1S/C25H23ClN2O3/c26-21-12-6-5-11-20(21)23-14-13-19(31-23)17-22(25(30)28-15-7-2-8-16-28)27-24(29)18-9-3-1-4-10-18/h1,3-6,9-14,17H,2,7-8,15-16H2,(H,27,29)/b22-17-. The van der Waals surface area contributed by atoms with Crippen molar-refractivity contribution < 1.29 is 14.0 Å². The number of nitrogens with one attached hydrogen (secondary N) is 1. The van der Waals surface area contributed by atoms with Crippen LogP contribution in [0.2, 0.25) is 5.02 Å². The van der Waals surface area contributed by atoms with Gasteiger partial charge in [0.1, 0.15) is 17.2 Å². The van der Waals surface area contributed by atoms with Gasteiger partial charge in [0.05, 0.1) is 5.02 Å². The van der Waals surface area contributed by atoms with E-state index in [0.29, 0.717) is 35.2 Å². The molecule has 1 aliphatic heterocycles. The highest BCUT2D eigenvalue weighted by molar-refractivity contribution is 6.33. The van der Waals surface area contributed by atoms with Crippen LogP contribution in [0.3, 0.4) is 0 Å². The van der Waals surface area contributed by atoms with Crippen molar-refractivity contribution in [2.24, 2.45) is 0 Å². The topological polar surface area (TPSA) is 62.6 Å². The summed E-state index contributed by atoms with van der Waals surface area (Å²) >= 11 is 6.27. The molecule has 1 saturated heterocycles. The van der Waals surface area contributed by atoms with Crippen molar-refractivity contribution in [1.29, 1.82) is 0 Å². The van der Waals surface area contributed by atoms with Gasteiger partial charge in [-0.2, -0.15) is 0 Å². The zero-order chi connectivity index (χ0) is 21.6. The van der Waals surface area contributed by atoms with E-state index >= 15 is 0 Å². The third kappa shape index (κ3) is 5.06. The average molecular weight is 435 g/mol. The molecule has 0 unspecified atom stereocenters. The van der Waals surface area contributed by atoms with Crippen LogP contribution in [-0.4, -0.2) is 29.8 Å². The quantitative estimate of drug-likeness (QED) is 0.548. The molecule has 1 N–H and O–H groups in total. The number of carbonyl (C=O) groups is 2. The Morgan fingerprint density at radius 1 is 0.903 bits per heavy atom. The van der Waals surface area contributed by atoms with Gasteiger partial charge in [-0.3, -0.25) is 9.59 Å². The summed E-state index contributed by atoms with van der Waals surface area (Å²) in [6.07, 6.45) is 4.61. The van der Waals surface area contributed by atoms with E-state index in [0.717, 1.165) is 24.8 Å². The van der Waals surface area contributed by atoms with E-state index in [1.165, 1.54) is 0 Å². The summed E-state index contributed by atoms with van der Waals surface area (Å²) in [4.78, 5) is 27.7. The maximum atomic E-state index is 13.2. The lowest BCUT2D eigenvalue weighted by molar-refractivity contribution is -0.128. The molecule has 0 atom stereocenters. The Balaban J connectivity index is 1.63. The predicted octanol–water partition coefficient (Wildman–Crippen LogP) is 5.38. The SMILES string of the molecule is O=C(N/C(=C\c1ccc(-c2ccccc2Cl)o1)C(=O)N1CCCCC1)c1ccccc1. The zero-order valence-corrected chi connectivity index (χ0v) is 17.8. The summed E-state index contributed by atoms with van der Waals surface area (Å²) < 4.78 is 5.92. The van der Waals surface area contributed by atoms with Crippen molar-refractivity contribution in [3.63, 3.8) is 0 Å². The average Bonchev–Trinajstić information content (AvgIpc) is 3.28. The third-order valence-corrected chi connectivity index (χ3v) is 5.54. The van der Waals surface area contributed by atoms with Crippen LogP contribution >= 0.6 is 11.6 Å². The van der Waals surface area contributed by atoms with Gasteiger partial charge < -0.3 is 14.6 Å². The molecule has 158 valence electrons. The van der Waals surface area contributed by atoms with Crippen LogP contribution in [0.15, 0.2) is 76.8 Å². The van der Waals surface area contributed by atoms with Gasteiger partial charge in [0, 0.05) is 30.3 Å². The molecule has 0 bridgehead atoms. The molecule has 31 heavy (non-hydrogen) atoms. The zero-order valence-electron chi connectivity index (χ0n) is 17.0. The lowest BCUT2D eigenvalue weighted by atomic mass is 10.1. The molecule has 6 heteroatoms. The highest BCUT2D eigenvalue weighted by atomic mass is 35.5. The van der Waals surface area contributed by atoms with Gasteiger partial charge in [-0.25, -0.2) is 0 Å². The van der Waals surface area contributed by atoms with Gasteiger partial charge in [-0.15, -0.1) is 0 Å². The first kappa shape index (κ1) is 20.9. The molecular weight excluding hydrogens is 412 g/mol. The lowest BCUT2D eigenvalue weighted by Crippen LogP contribution is -2.41. The van der Waals surface area contributed by atoms with Crippen molar-refractivity contribution in [2.75, 3.05) is 13.1 Å². The first-order valence-corrected chi connectivity index (χ1v) is 10.7. The first-order chi connectivity index (χ1) is 15.1. The molecule has 2 aromatic carbocycles. The fourth-order valence-corrected chi connectivity index (χ4v) is 3.81. The summed E-state index contributed by atoms with van der Waals surface area (Å²) in [6, 6.07) is 19.8. The van der Waals surface area contributed by atoms with Gasteiger partial charge >= 0.3 is 0 Å². The molecule has 2 amide bonds. The van der Waals surface area contributed by atoms with Crippen LogP contribution in [0, 0.1) is 0 Å². The van der Waals surface area contributed by atoms with Gasteiger partial charge in [-0.05, 0) is 55.7 Å². The second-order valence-electron chi connectivity index (χ2n) is 7.41. The van der Waals surface area contributed by atoms with E-state index in [-0.39, 0.29) is 17.5 Å². The summed E-state index contributed by atoms with van der Waals surface area (Å²) in [5, 5.41) is 3.36. The molecule has 4 rings (SSSR count). The number of piperidine rings is 1. The number of benzene rings is 2. The number of carbonyl (C=O) groups excluding carboxylic acids is 2. The van der Waals surface area contributed by atoms with E-state index in [1.54, 1.807) is 53.4 Å². The van der Waals surface area contributed by atoms with Gasteiger partial charge in [-0.1, -0.05) is 41.9 Å². The molecule has 0 spiro atoms. The summed E-state index contributed by atoms with van der Waals surface area (Å²) in [6.45, 7) is 1.36. The summed E-state index contributed by atoms with van der Waals surface area (Å²) in [5.41, 5.74) is 1.44. The van der Waals surface area contributed by atoms with Crippen molar-refractivity contribution in [1.82, 2.24) is 10.2 Å². The normalized spacial score (nSPS) is 14.4. The molecular formula is C25H23ClN2O3. The molecule has 0 aliphatic carbocycles. The Morgan fingerprint density at radius 2 is 1.61 bits per heavy atom. The number of hydrogen-bond donors (Lipinski definition) is 1. The van der Waals surface area contributed by atoms with Crippen LogP contribution in [0.4, 0.5) is 0 Å². The molecule has 0 saturated carbocycles. The second-order valence-corrected chi connectivity index (χ2v) is 7.82. The van der Waals surface area contributed by atoms with Crippen molar-refractivity contribution >= 4 is 29.5 Å². The van der Waals surface area contributed by atoms with Crippen LogP contribution < -0.4 is 5.32 Å². The smallest absolute Gasteiger partial charge is 0.270 e. The monoisotopic (exact) mass is 434 g/mol. The summed E-state index contributed by atoms with van der Waals surface area (Å²) in [7, 11) is 0. The fourth-order valence-electron chi connectivity index (χ4n) is 3.58. The van der Waals surface area contributed by atoms with Crippen LogP contribution in [0.5, 0.6) is 0 Å². The van der Waals surface area contributed by atoms with Crippen molar-refractivity contribution in [3.05, 3.63) is 88.8 Å². The Labute approximate surface area is 186 Å². The molecule has 1 aliphatic rings. The number of rotatable bonds is 5. The number of likely N-dealkylation sites (tertiary alicyclic amines) is 1. The maximum Gasteiger partial charge on any atom is 0.270 e. The number of nitrogens with zero attached hydrogens (tertiary/aromatic N) is 1. The predicted molar refractivity (Wildman–Crippen MR) is 121 cm³/mol. The van der Waals surface area contributed by atoms with E-state index in [4.69, 9.17) is 16.0 Å². The van der Waals surface area contributed by atoms with E-state index in [2.05, 4.69) is 5.32 Å². The van der Waals surface area contributed by atoms with Crippen molar-refractivity contribution in [3.8, 4) is 11.3 Å². The van der Waals surface area contributed by atoms with E-state index in [9.17, 15) is 9.59 Å². The molecule has 0 radical (unpaired) electrons. The Kier molecular flexibility index (Phi) is 6.53. The third-order valence-electron chi connectivity index (χ3n) is 5.21. The first-order valence-electron chi connectivity index (χ1n) is 10.3. The molecule has 3 aromatic rings. The van der Waals surface area contributed by atoms with E-state index in [1.807, 2.05) is 24.3 Å². The largest absolute Gasteiger partial charge is 0.457 e. The van der Waals surface area contributed by atoms with E-state index < -0.39 is 0 Å². The van der Waals surface area contributed by atoms with Gasteiger partial charge in [0.25, 0.3) is 11.8 Å². The van der Waals surface area contributed by atoms with Crippen LogP contribution in [0.1, 0.15) is 35.4 Å². The Hall–Kier alpha value is -3.31. The fraction of sp³-hybridized carbons (Fsp3) is 0.200. The molecule has 1 aromatic heterocycles. The Morgan fingerprint density at radius 3 is 2.35 bits per heavy atom. The minimum absolute atomic E-state index is 0.191. The highest BCUT2D eigenvalue weighted by Gasteiger charge is 2.23. The molecule has 5 nitrogen and oxygen atoms in total. The van der Waals surface area contributed by atoms with Gasteiger partial charge in [0.15, 0.2) is 0 Å². The van der Waals surface area contributed by atoms with Crippen LogP contribution in [-0.2, 0) is 4.79 Å². The molecule has 1 fully saturated rings. The maximum absolute atomic E-state index is 13.2. The van der Waals surface area contributed by atoms with Gasteiger partial charge in [0.2, 0.25) is 0 Å². The van der Waals surface area contributed by atoms with Crippen molar-refractivity contribution in [2.45, 2.75) is 19.3 Å². The Bertz CT molecular complexity index is 1100. The minimum Gasteiger partial charge on any atom is -0.457 e. The minimum atomic E-state index is -0.338. The second kappa shape index (κ2) is 9.67. The number of furan rings is 1. The molecule has 2 heterocycles. The van der Waals surface area contributed by atoms with Crippen LogP contribution in [0.25, 0.3) is 17.4 Å². The highest BCUT2D eigenvalue weighted by Crippen LogP contribution is 2.29. The number of halogens is 1. The summed E-state index contributed by atoms with van der Waals surface area (Å²) in [5.74, 6) is 0.509. The number of hydrogen-bond acceptors (Lipinski definition) is 3. The number of amides is 2.